The zero-order valence-electron chi connectivity index (χ0n) is 17.3. The highest BCUT2D eigenvalue weighted by molar-refractivity contribution is 5.78. The van der Waals surface area contributed by atoms with Crippen molar-refractivity contribution in [2.45, 2.75) is 46.1 Å². The number of para-hydroxylation sites is 1. The van der Waals surface area contributed by atoms with Crippen LogP contribution in [-0.2, 0) is 11.2 Å². The van der Waals surface area contributed by atoms with E-state index in [2.05, 4.69) is 29.0 Å². The molecule has 152 valence electrons. The molecule has 1 amide bonds. The molecule has 0 spiro atoms. The van der Waals surface area contributed by atoms with Gasteiger partial charge in [0.1, 0.15) is 11.5 Å². The molecule has 1 aliphatic rings. The summed E-state index contributed by atoms with van der Waals surface area (Å²) in [6.45, 7) is 9.21. The summed E-state index contributed by atoms with van der Waals surface area (Å²) in [7, 11) is 1.62. The van der Waals surface area contributed by atoms with Gasteiger partial charge in [0.25, 0.3) is 0 Å². The Morgan fingerprint density at radius 3 is 2.79 bits per heavy atom. The minimum absolute atomic E-state index is 0.0276. The Morgan fingerprint density at radius 2 is 2.07 bits per heavy atom. The second-order valence-corrected chi connectivity index (χ2v) is 7.77. The fraction of sp³-hybridized carbons (Fsp3) is 0.545. The molecule has 2 aromatic rings. The number of hydrogen-bond donors (Lipinski definition) is 1. The molecule has 1 N–H and O–H groups in total. The molecule has 6 heteroatoms. The van der Waals surface area contributed by atoms with Gasteiger partial charge in [0.05, 0.1) is 24.8 Å². The van der Waals surface area contributed by atoms with Crippen molar-refractivity contribution in [3.63, 3.8) is 0 Å². The number of piperidine rings is 1. The van der Waals surface area contributed by atoms with Gasteiger partial charge in [-0.15, -0.1) is 0 Å². The van der Waals surface area contributed by atoms with Crippen LogP contribution in [0, 0.1) is 12.8 Å². The number of amides is 1. The Balaban J connectivity index is 1.56. The van der Waals surface area contributed by atoms with E-state index in [9.17, 15) is 4.79 Å². The maximum atomic E-state index is 12.4. The van der Waals surface area contributed by atoms with Crippen LogP contribution in [0.1, 0.15) is 38.1 Å². The monoisotopic (exact) mass is 385 g/mol. The van der Waals surface area contributed by atoms with Gasteiger partial charge in [-0.25, -0.2) is 4.98 Å². The third kappa shape index (κ3) is 4.93. The van der Waals surface area contributed by atoms with Crippen LogP contribution in [0.25, 0.3) is 11.5 Å². The number of carbonyl (C=O) groups is 1. The highest BCUT2D eigenvalue weighted by atomic mass is 16.5. The van der Waals surface area contributed by atoms with Crippen LogP contribution in [0.3, 0.4) is 0 Å². The molecule has 1 aromatic carbocycles. The summed E-state index contributed by atoms with van der Waals surface area (Å²) in [4.78, 5) is 19.4. The Morgan fingerprint density at radius 1 is 1.36 bits per heavy atom. The van der Waals surface area contributed by atoms with Gasteiger partial charge in [0, 0.05) is 12.6 Å². The molecular weight excluding hydrogens is 354 g/mol. The molecule has 3 rings (SSSR count). The van der Waals surface area contributed by atoms with Crippen molar-refractivity contribution in [1.29, 1.82) is 0 Å². The molecule has 1 aromatic heterocycles. The van der Waals surface area contributed by atoms with Gasteiger partial charge in [-0.1, -0.05) is 19.1 Å². The van der Waals surface area contributed by atoms with Crippen molar-refractivity contribution in [2.24, 2.45) is 5.92 Å². The quantitative estimate of drug-likeness (QED) is 0.791. The number of nitrogens with zero attached hydrogens (tertiary/aromatic N) is 2. The molecule has 1 atom stereocenters. The zero-order chi connectivity index (χ0) is 20.1. The fourth-order valence-electron chi connectivity index (χ4n) is 3.60. The van der Waals surface area contributed by atoms with E-state index >= 15 is 0 Å². The molecule has 28 heavy (non-hydrogen) atoms. The molecule has 0 aliphatic carbocycles. The summed E-state index contributed by atoms with van der Waals surface area (Å²) in [6, 6.07) is 7.92. The maximum Gasteiger partial charge on any atom is 0.230 e. The van der Waals surface area contributed by atoms with Gasteiger partial charge < -0.3 is 14.5 Å². The Kier molecular flexibility index (Phi) is 6.73. The molecule has 1 fully saturated rings. The number of hydrogen-bond acceptors (Lipinski definition) is 5. The normalized spacial score (nSPS) is 16.7. The minimum atomic E-state index is -0.0276. The van der Waals surface area contributed by atoms with Crippen molar-refractivity contribution >= 4 is 5.91 Å². The number of ether oxygens (including phenoxy) is 1. The molecule has 6 nitrogen and oxygen atoms in total. The molecule has 1 saturated heterocycles. The second kappa shape index (κ2) is 9.24. The van der Waals surface area contributed by atoms with Gasteiger partial charge in [0.2, 0.25) is 11.8 Å². The van der Waals surface area contributed by atoms with Gasteiger partial charge in [-0.3, -0.25) is 9.69 Å². The minimum Gasteiger partial charge on any atom is -0.496 e. The molecule has 0 radical (unpaired) electrons. The number of aryl methyl sites for hydroxylation is 1. The predicted octanol–water partition coefficient (Wildman–Crippen LogP) is 3.44. The van der Waals surface area contributed by atoms with E-state index in [0.29, 0.717) is 35.7 Å². The van der Waals surface area contributed by atoms with Crippen LogP contribution in [0.2, 0.25) is 0 Å². The number of nitrogens with one attached hydrogen (secondary N) is 1. The topological polar surface area (TPSA) is 67.6 Å². The lowest BCUT2D eigenvalue weighted by Crippen LogP contribution is -2.45. The van der Waals surface area contributed by atoms with Crippen LogP contribution in [0.15, 0.2) is 28.7 Å². The highest BCUT2D eigenvalue weighted by Crippen LogP contribution is 2.30. The molecule has 1 aliphatic heterocycles. The van der Waals surface area contributed by atoms with Crippen molar-refractivity contribution < 1.29 is 13.9 Å². The summed E-state index contributed by atoms with van der Waals surface area (Å²) in [5.41, 5.74) is 1.45. The number of methoxy groups -OCH3 is 1. The maximum absolute atomic E-state index is 12.4. The van der Waals surface area contributed by atoms with Gasteiger partial charge in [-0.2, -0.15) is 0 Å². The smallest absolute Gasteiger partial charge is 0.230 e. The number of oxazole rings is 1. The van der Waals surface area contributed by atoms with Gasteiger partial charge >= 0.3 is 0 Å². The molecule has 0 bridgehead atoms. The van der Waals surface area contributed by atoms with Crippen LogP contribution < -0.4 is 10.1 Å². The average molecular weight is 386 g/mol. The number of aromatic nitrogens is 1. The predicted molar refractivity (Wildman–Crippen MR) is 109 cm³/mol. The standard InChI is InChI=1S/C22H31N3O3/c1-15-9-11-25(12-10-15)16(2)14-23-21(26)13-19-17(3)28-22(24-19)18-7-5-6-8-20(18)27-4/h5-8,15-16H,9-14H2,1-4H3,(H,23,26). The van der Waals surface area contributed by atoms with E-state index in [4.69, 9.17) is 9.15 Å². The third-order valence-corrected chi connectivity index (χ3v) is 5.59. The van der Waals surface area contributed by atoms with Crippen LogP contribution in [-0.4, -0.2) is 48.6 Å². The Labute approximate surface area is 167 Å². The van der Waals surface area contributed by atoms with Crippen LogP contribution in [0.4, 0.5) is 0 Å². The van der Waals surface area contributed by atoms with Crippen LogP contribution in [0.5, 0.6) is 5.75 Å². The SMILES string of the molecule is COc1ccccc1-c1nc(CC(=O)NCC(C)N2CCC(C)CC2)c(C)o1. The largest absolute Gasteiger partial charge is 0.496 e. The number of carbonyl (C=O) groups excluding carboxylic acids is 1. The summed E-state index contributed by atoms with van der Waals surface area (Å²) >= 11 is 0. The van der Waals surface area contributed by atoms with Crippen molar-refractivity contribution in [3.8, 4) is 17.2 Å². The summed E-state index contributed by atoms with van der Waals surface area (Å²) in [5, 5.41) is 3.05. The lowest BCUT2D eigenvalue weighted by molar-refractivity contribution is -0.120. The summed E-state index contributed by atoms with van der Waals surface area (Å²) in [6.07, 6.45) is 2.69. The van der Waals surface area contributed by atoms with Gasteiger partial charge in [0.15, 0.2) is 0 Å². The lowest BCUT2D eigenvalue weighted by Gasteiger charge is -2.35. The fourth-order valence-corrected chi connectivity index (χ4v) is 3.60. The van der Waals surface area contributed by atoms with Crippen molar-refractivity contribution in [2.75, 3.05) is 26.7 Å². The second-order valence-electron chi connectivity index (χ2n) is 7.77. The Hall–Kier alpha value is -2.34. The third-order valence-electron chi connectivity index (χ3n) is 5.59. The molecule has 0 saturated carbocycles. The van der Waals surface area contributed by atoms with E-state index in [-0.39, 0.29) is 12.3 Å². The van der Waals surface area contributed by atoms with E-state index < -0.39 is 0 Å². The lowest BCUT2D eigenvalue weighted by atomic mass is 9.98. The van der Waals surface area contributed by atoms with Gasteiger partial charge in [-0.05, 0) is 57.8 Å². The first-order valence-electron chi connectivity index (χ1n) is 10.1. The summed E-state index contributed by atoms with van der Waals surface area (Å²) in [5.74, 6) is 2.62. The Bertz CT molecular complexity index is 794. The first-order chi connectivity index (χ1) is 13.5. The first kappa shape index (κ1) is 20.4. The molecular formula is C22H31N3O3. The van der Waals surface area contributed by atoms with Crippen molar-refractivity contribution in [1.82, 2.24) is 15.2 Å². The van der Waals surface area contributed by atoms with E-state index in [1.165, 1.54) is 12.8 Å². The summed E-state index contributed by atoms with van der Waals surface area (Å²) < 4.78 is 11.2. The molecule has 1 unspecified atom stereocenters. The van der Waals surface area contributed by atoms with Crippen LogP contribution >= 0.6 is 0 Å². The number of rotatable bonds is 7. The average Bonchev–Trinajstić information content (AvgIpc) is 3.06. The molecule has 2 heterocycles. The van der Waals surface area contributed by atoms with E-state index in [1.54, 1.807) is 7.11 Å². The number of likely N-dealkylation sites (tertiary alicyclic amines) is 1. The van der Waals surface area contributed by atoms with E-state index in [1.807, 2.05) is 31.2 Å². The first-order valence-corrected chi connectivity index (χ1v) is 10.1. The van der Waals surface area contributed by atoms with Crippen molar-refractivity contribution in [3.05, 3.63) is 35.7 Å². The zero-order valence-corrected chi connectivity index (χ0v) is 17.3. The number of benzene rings is 1. The highest BCUT2D eigenvalue weighted by Gasteiger charge is 2.21. The van der Waals surface area contributed by atoms with E-state index in [0.717, 1.165) is 24.6 Å².